The van der Waals surface area contributed by atoms with E-state index in [4.69, 9.17) is 9.47 Å². The van der Waals surface area contributed by atoms with Crippen molar-refractivity contribution < 1.29 is 14.3 Å². The third-order valence-corrected chi connectivity index (χ3v) is 4.62. The van der Waals surface area contributed by atoms with Crippen molar-refractivity contribution in [3.63, 3.8) is 0 Å². The molecule has 2 aliphatic rings. The Bertz CT molecular complexity index is 757. The summed E-state index contributed by atoms with van der Waals surface area (Å²) in [5, 5.41) is 0. The Hall–Kier alpha value is -2.90. The number of carbonyl (C=O) groups is 1. The Balaban J connectivity index is 1.44. The molecule has 0 saturated carbocycles. The van der Waals surface area contributed by atoms with E-state index in [1.54, 1.807) is 24.3 Å². The minimum atomic E-state index is -0.245. The van der Waals surface area contributed by atoms with Crippen LogP contribution in [-0.4, -0.2) is 64.8 Å². The fraction of sp³-hybridized carbons (Fsp3) is 0.412. The lowest BCUT2D eigenvalue weighted by atomic mass is 10.2. The van der Waals surface area contributed by atoms with Crippen LogP contribution in [0.5, 0.6) is 5.88 Å². The van der Waals surface area contributed by atoms with Gasteiger partial charge in [0.15, 0.2) is 0 Å². The van der Waals surface area contributed by atoms with Crippen molar-refractivity contribution in [1.82, 2.24) is 19.9 Å². The number of hydrogen-bond acceptors (Lipinski definition) is 7. The summed E-state index contributed by atoms with van der Waals surface area (Å²) in [6, 6.07) is 7.62. The van der Waals surface area contributed by atoms with Gasteiger partial charge in [-0.2, -0.15) is 0 Å². The first-order valence-corrected chi connectivity index (χ1v) is 8.23. The number of rotatable bonds is 5. The fourth-order valence-electron chi connectivity index (χ4n) is 3.34. The second kappa shape index (κ2) is 6.54. The maximum atomic E-state index is 12.2. The molecule has 1 amide bonds. The van der Waals surface area contributed by atoms with Crippen LogP contribution in [-0.2, 0) is 11.2 Å². The Kier molecular flexibility index (Phi) is 4.09. The van der Waals surface area contributed by atoms with E-state index >= 15 is 0 Å². The van der Waals surface area contributed by atoms with Gasteiger partial charge in [-0.3, -0.25) is 9.88 Å². The van der Waals surface area contributed by atoms with E-state index in [0.717, 1.165) is 11.5 Å². The van der Waals surface area contributed by atoms with E-state index in [1.807, 2.05) is 18.2 Å². The normalized spacial score (nSPS) is 22.0. The van der Waals surface area contributed by atoms with Crippen molar-refractivity contribution in [3.05, 3.63) is 42.5 Å². The first kappa shape index (κ1) is 15.6. The Morgan fingerprint density at radius 2 is 2.20 bits per heavy atom. The average molecular weight is 341 g/mol. The molecule has 0 aromatic carbocycles. The van der Waals surface area contributed by atoms with Crippen LogP contribution in [0.15, 0.2) is 36.8 Å². The Labute approximate surface area is 145 Å². The third-order valence-electron chi connectivity index (χ3n) is 4.62. The van der Waals surface area contributed by atoms with E-state index in [-0.39, 0.29) is 18.2 Å². The van der Waals surface area contributed by atoms with Crippen LogP contribution in [0.1, 0.15) is 5.69 Å². The molecule has 0 radical (unpaired) electrons. The van der Waals surface area contributed by atoms with E-state index in [1.165, 1.54) is 6.33 Å². The number of anilines is 1. The van der Waals surface area contributed by atoms with Crippen molar-refractivity contribution >= 4 is 11.9 Å². The molecule has 2 fully saturated rings. The molecule has 0 spiro atoms. The van der Waals surface area contributed by atoms with Gasteiger partial charge in [0.05, 0.1) is 19.7 Å². The molecule has 4 rings (SSSR count). The molecule has 2 aromatic rings. The van der Waals surface area contributed by atoms with Gasteiger partial charge < -0.3 is 14.4 Å². The minimum absolute atomic E-state index is 0.0252. The molecule has 0 bridgehead atoms. The topological polar surface area (TPSA) is 80.7 Å². The summed E-state index contributed by atoms with van der Waals surface area (Å²) in [4.78, 5) is 28.7. The van der Waals surface area contributed by atoms with E-state index in [9.17, 15) is 4.79 Å². The van der Waals surface area contributed by atoms with Gasteiger partial charge in [-0.25, -0.2) is 14.8 Å². The second-order valence-corrected chi connectivity index (χ2v) is 6.08. The standard InChI is InChI=1S/C17H19N5O3/c1-24-16-8-15(19-11-20-16)21-9-13-14(10-21)25-17(23)22(13)7-5-12-4-2-3-6-18-12/h2-4,6,8,11,13-14H,5,7,9-10H2,1H3/t13-,14+/m0/s1. The lowest BCUT2D eigenvalue weighted by molar-refractivity contribution is 0.136. The monoisotopic (exact) mass is 341 g/mol. The molecule has 0 unspecified atom stereocenters. The van der Waals surface area contributed by atoms with E-state index in [2.05, 4.69) is 19.9 Å². The smallest absolute Gasteiger partial charge is 0.410 e. The first-order chi connectivity index (χ1) is 12.2. The summed E-state index contributed by atoms with van der Waals surface area (Å²) in [6.07, 6.45) is 3.57. The largest absolute Gasteiger partial charge is 0.481 e. The maximum Gasteiger partial charge on any atom is 0.410 e. The van der Waals surface area contributed by atoms with Gasteiger partial charge >= 0.3 is 6.09 Å². The molecule has 0 N–H and O–H groups in total. The van der Waals surface area contributed by atoms with Gasteiger partial charge in [0.1, 0.15) is 18.2 Å². The molecule has 2 aliphatic heterocycles. The molecule has 25 heavy (non-hydrogen) atoms. The summed E-state index contributed by atoms with van der Waals surface area (Å²) in [5.41, 5.74) is 0.967. The summed E-state index contributed by atoms with van der Waals surface area (Å²) in [5.74, 6) is 1.30. The predicted octanol–water partition coefficient (Wildman–Crippen LogP) is 1.13. The fourth-order valence-corrected chi connectivity index (χ4v) is 3.34. The Morgan fingerprint density at radius 1 is 1.28 bits per heavy atom. The van der Waals surface area contributed by atoms with Crippen LogP contribution >= 0.6 is 0 Å². The number of amides is 1. The van der Waals surface area contributed by atoms with Crippen LogP contribution in [0.2, 0.25) is 0 Å². The quantitative estimate of drug-likeness (QED) is 0.806. The van der Waals surface area contributed by atoms with Gasteiger partial charge in [0, 0.05) is 37.5 Å². The highest BCUT2D eigenvalue weighted by Gasteiger charge is 2.47. The number of pyridine rings is 1. The third kappa shape index (κ3) is 3.07. The summed E-state index contributed by atoms with van der Waals surface area (Å²) < 4.78 is 10.7. The maximum absolute atomic E-state index is 12.2. The van der Waals surface area contributed by atoms with Crippen molar-refractivity contribution in [2.24, 2.45) is 0 Å². The number of ether oxygens (including phenoxy) is 2. The molecule has 2 saturated heterocycles. The van der Waals surface area contributed by atoms with Crippen molar-refractivity contribution in [3.8, 4) is 5.88 Å². The molecule has 2 atom stereocenters. The summed E-state index contributed by atoms with van der Waals surface area (Å²) >= 11 is 0. The first-order valence-electron chi connectivity index (χ1n) is 8.23. The Morgan fingerprint density at radius 3 is 3.00 bits per heavy atom. The van der Waals surface area contributed by atoms with Gasteiger partial charge in [-0.15, -0.1) is 0 Å². The number of fused-ring (bicyclic) bond motifs is 1. The van der Waals surface area contributed by atoms with Crippen molar-refractivity contribution in [2.45, 2.75) is 18.6 Å². The molecular weight excluding hydrogens is 322 g/mol. The van der Waals surface area contributed by atoms with Crippen LogP contribution in [0.4, 0.5) is 10.6 Å². The highest BCUT2D eigenvalue weighted by Crippen LogP contribution is 2.30. The number of nitrogens with zero attached hydrogens (tertiary/aromatic N) is 5. The number of aromatic nitrogens is 3. The SMILES string of the molecule is COc1cc(N2C[C@H]3OC(=O)N(CCc4ccccn4)[C@H]3C2)ncn1. The molecule has 2 aromatic heterocycles. The summed E-state index contributed by atoms with van der Waals surface area (Å²) in [7, 11) is 1.58. The highest BCUT2D eigenvalue weighted by molar-refractivity contribution is 5.71. The molecule has 8 nitrogen and oxygen atoms in total. The molecule has 130 valence electrons. The zero-order valence-electron chi connectivity index (χ0n) is 13.9. The van der Waals surface area contributed by atoms with Crippen molar-refractivity contribution in [2.75, 3.05) is 31.6 Å². The van der Waals surface area contributed by atoms with Gasteiger partial charge in [-0.1, -0.05) is 6.07 Å². The van der Waals surface area contributed by atoms with Crippen molar-refractivity contribution in [1.29, 1.82) is 0 Å². The van der Waals surface area contributed by atoms with Crippen LogP contribution in [0.25, 0.3) is 0 Å². The van der Waals surface area contributed by atoms with Gasteiger partial charge in [-0.05, 0) is 12.1 Å². The lowest BCUT2D eigenvalue weighted by Gasteiger charge is -2.23. The van der Waals surface area contributed by atoms with Gasteiger partial charge in [0.25, 0.3) is 0 Å². The zero-order chi connectivity index (χ0) is 17.2. The highest BCUT2D eigenvalue weighted by atomic mass is 16.6. The number of methoxy groups -OCH3 is 1. The van der Waals surface area contributed by atoms with Crippen LogP contribution in [0, 0.1) is 0 Å². The summed E-state index contributed by atoms with van der Waals surface area (Å²) in [6.45, 7) is 1.90. The molecule has 4 heterocycles. The number of hydrogen-bond donors (Lipinski definition) is 0. The second-order valence-electron chi connectivity index (χ2n) is 6.08. The van der Waals surface area contributed by atoms with Crippen LogP contribution in [0.3, 0.4) is 0 Å². The number of carbonyl (C=O) groups excluding carboxylic acids is 1. The van der Waals surface area contributed by atoms with E-state index < -0.39 is 0 Å². The van der Waals surface area contributed by atoms with Crippen LogP contribution < -0.4 is 9.64 Å². The van der Waals surface area contributed by atoms with E-state index in [0.29, 0.717) is 31.9 Å². The molecular formula is C17H19N5O3. The molecule has 0 aliphatic carbocycles. The predicted molar refractivity (Wildman–Crippen MR) is 89.5 cm³/mol. The average Bonchev–Trinajstić information content (AvgIpc) is 3.18. The zero-order valence-corrected chi connectivity index (χ0v) is 13.9. The van der Waals surface area contributed by atoms with Gasteiger partial charge in [0.2, 0.25) is 5.88 Å². The molecule has 8 heteroatoms. The lowest BCUT2D eigenvalue weighted by Crippen LogP contribution is -2.39. The minimum Gasteiger partial charge on any atom is -0.481 e.